The van der Waals surface area contributed by atoms with Crippen LogP contribution in [0.4, 0.5) is 0 Å². The lowest BCUT2D eigenvalue weighted by Crippen LogP contribution is -2.45. The third kappa shape index (κ3) is 4.03. The van der Waals surface area contributed by atoms with Gasteiger partial charge in [0.25, 0.3) is 0 Å². The van der Waals surface area contributed by atoms with Crippen LogP contribution in [0.3, 0.4) is 0 Å². The summed E-state index contributed by atoms with van der Waals surface area (Å²) >= 11 is 0. The van der Waals surface area contributed by atoms with Gasteiger partial charge in [-0.25, -0.2) is 13.1 Å². The van der Waals surface area contributed by atoms with Crippen LogP contribution in [0.2, 0.25) is 0 Å². The maximum atomic E-state index is 12.2. The SMILES string of the molecule is CC1CCC(O)(CNS(=O)(=O)c2ccc(C#N)cc2)CC1. The van der Waals surface area contributed by atoms with Crippen molar-refractivity contribution in [2.45, 2.75) is 43.1 Å². The molecule has 1 saturated carbocycles. The Hall–Kier alpha value is -1.42. The van der Waals surface area contributed by atoms with Gasteiger partial charge in [0.15, 0.2) is 0 Å². The van der Waals surface area contributed by atoms with Gasteiger partial charge in [0.05, 0.1) is 22.1 Å². The van der Waals surface area contributed by atoms with Gasteiger partial charge in [-0.1, -0.05) is 6.92 Å². The fourth-order valence-corrected chi connectivity index (χ4v) is 3.62. The van der Waals surface area contributed by atoms with Crippen molar-refractivity contribution in [3.05, 3.63) is 29.8 Å². The average molecular weight is 308 g/mol. The van der Waals surface area contributed by atoms with Gasteiger partial charge in [0.2, 0.25) is 10.0 Å². The van der Waals surface area contributed by atoms with Crippen LogP contribution in [0, 0.1) is 17.2 Å². The topological polar surface area (TPSA) is 90.2 Å². The first-order valence-electron chi connectivity index (χ1n) is 7.07. The predicted molar refractivity (Wildman–Crippen MR) is 78.9 cm³/mol. The summed E-state index contributed by atoms with van der Waals surface area (Å²) in [6.07, 6.45) is 3.05. The molecule has 6 heteroatoms. The molecule has 0 bridgehead atoms. The lowest BCUT2D eigenvalue weighted by molar-refractivity contribution is -0.00182. The molecule has 0 aliphatic heterocycles. The summed E-state index contributed by atoms with van der Waals surface area (Å²) in [5.41, 5.74) is -0.541. The van der Waals surface area contributed by atoms with E-state index >= 15 is 0 Å². The molecule has 5 nitrogen and oxygen atoms in total. The summed E-state index contributed by atoms with van der Waals surface area (Å²) in [7, 11) is -3.66. The van der Waals surface area contributed by atoms with Gasteiger partial charge in [0.1, 0.15) is 0 Å². The van der Waals surface area contributed by atoms with Gasteiger partial charge < -0.3 is 5.11 Å². The molecule has 1 fully saturated rings. The fourth-order valence-electron chi connectivity index (χ4n) is 2.50. The van der Waals surface area contributed by atoms with Gasteiger partial charge in [-0.3, -0.25) is 0 Å². The molecular formula is C15H20N2O3S. The molecule has 0 radical (unpaired) electrons. The zero-order valence-electron chi connectivity index (χ0n) is 12.0. The molecule has 0 saturated heterocycles. The monoisotopic (exact) mass is 308 g/mol. The summed E-state index contributed by atoms with van der Waals surface area (Å²) in [6, 6.07) is 7.67. The highest BCUT2D eigenvalue weighted by molar-refractivity contribution is 7.89. The maximum absolute atomic E-state index is 12.2. The minimum Gasteiger partial charge on any atom is -0.389 e. The van der Waals surface area contributed by atoms with Crippen LogP contribution in [0.1, 0.15) is 38.2 Å². The number of sulfonamides is 1. The molecule has 1 aliphatic rings. The molecule has 0 amide bonds. The van der Waals surface area contributed by atoms with E-state index in [9.17, 15) is 13.5 Å². The van der Waals surface area contributed by atoms with Gasteiger partial charge in [-0.05, 0) is 55.9 Å². The van der Waals surface area contributed by atoms with Crippen molar-refractivity contribution in [1.82, 2.24) is 4.72 Å². The molecule has 1 aliphatic carbocycles. The van der Waals surface area contributed by atoms with Crippen molar-refractivity contribution in [3.8, 4) is 6.07 Å². The van der Waals surface area contributed by atoms with Crippen molar-refractivity contribution in [2.75, 3.05) is 6.54 Å². The van der Waals surface area contributed by atoms with E-state index in [0.717, 1.165) is 12.8 Å². The number of rotatable bonds is 4. The van der Waals surface area contributed by atoms with Crippen molar-refractivity contribution >= 4 is 10.0 Å². The van der Waals surface area contributed by atoms with E-state index in [4.69, 9.17) is 5.26 Å². The highest BCUT2D eigenvalue weighted by Gasteiger charge is 2.33. The summed E-state index contributed by atoms with van der Waals surface area (Å²) in [5.74, 6) is 0.584. The number of nitrogens with zero attached hydrogens (tertiary/aromatic N) is 1. The van der Waals surface area contributed by atoms with Crippen LogP contribution in [0.5, 0.6) is 0 Å². The highest BCUT2D eigenvalue weighted by Crippen LogP contribution is 2.31. The van der Waals surface area contributed by atoms with Crippen LogP contribution in [-0.2, 0) is 10.0 Å². The quantitative estimate of drug-likeness (QED) is 0.887. The fraction of sp³-hybridized carbons (Fsp3) is 0.533. The van der Waals surface area contributed by atoms with Crippen LogP contribution in [0.25, 0.3) is 0 Å². The summed E-state index contributed by atoms with van der Waals surface area (Å²) in [5, 5.41) is 19.1. The van der Waals surface area contributed by atoms with Crippen molar-refractivity contribution < 1.29 is 13.5 Å². The Labute approximate surface area is 125 Å². The molecule has 1 aromatic rings. The smallest absolute Gasteiger partial charge is 0.240 e. The Morgan fingerprint density at radius 1 is 1.33 bits per heavy atom. The molecule has 0 spiro atoms. The van der Waals surface area contributed by atoms with Gasteiger partial charge in [-0.15, -0.1) is 0 Å². The number of benzene rings is 1. The van der Waals surface area contributed by atoms with Crippen LogP contribution in [0.15, 0.2) is 29.2 Å². The second-order valence-electron chi connectivity index (χ2n) is 5.87. The zero-order valence-corrected chi connectivity index (χ0v) is 12.9. The average Bonchev–Trinajstić information content (AvgIpc) is 2.49. The Kier molecular flexibility index (Phi) is 4.67. The molecule has 1 aromatic carbocycles. The number of nitrogens with one attached hydrogen (secondary N) is 1. The van der Waals surface area contributed by atoms with Crippen molar-refractivity contribution in [2.24, 2.45) is 5.92 Å². The molecule has 2 rings (SSSR count). The first-order chi connectivity index (χ1) is 9.85. The summed E-state index contributed by atoms with van der Waals surface area (Å²) < 4.78 is 26.8. The van der Waals surface area contributed by atoms with Gasteiger partial charge in [0, 0.05) is 6.54 Å². The molecule has 2 N–H and O–H groups in total. The van der Waals surface area contributed by atoms with Crippen molar-refractivity contribution in [3.63, 3.8) is 0 Å². The zero-order chi connectivity index (χ0) is 15.5. The predicted octanol–water partition coefficient (Wildman–Crippen LogP) is 1.78. The van der Waals surface area contributed by atoms with Crippen LogP contribution >= 0.6 is 0 Å². The lowest BCUT2D eigenvalue weighted by atomic mass is 9.80. The Balaban J connectivity index is 2.02. The number of hydrogen-bond donors (Lipinski definition) is 2. The molecule has 114 valence electrons. The highest BCUT2D eigenvalue weighted by atomic mass is 32.2. The normalized spacial score (nSPS) is 26.2. The first kappa shape index (κ1) is 16.0. The molecule has 0 unspecified atom stereocenters. The van der Waals surface area contributed by atoms with E-state index < -0.39 is 15.6 Å². The Morgan fingerprint density at radius 3 is 2.43 bits per heavy atom. The summed E-state index contributed by atoms with van der Waals surface area (Å²) in [4.78, 5) is 0.106. The molecule has 0 heterocycles. The third-order valence-corrected chi connectivity index (χ3v) is 5.51. The minimum atomic E-state index is -3.66. The van der Waals surface area contributed by atoms with Crippen LogP contribution in [-0.4, -0.2) is 25.7 Å². The van der Waals surface area contributed by atoms with E-state index in [0.29, 0.717) is 24.3 Å². The van der Waals surface area contributed by atoms with Gasteiger partial charge >= 0.3 is 0 Å². The standard InChI is InChI=1S/C15H20N2O3S/c1-12-6-8-15(18,9-7-12)11-17-21(19,20)14-4-2-13(10-16)3-5-14/h2-5,12,17-18H,6-9,11H2,1H3. The van der Waals surface area contributed by atoms with E-state index in [1.165, 1.54) is 24.3 Å². The second kappa shape index (κ2) is 6.14. The first-order valence-corrected chi connectivity index (χ1v) is 8.55. The van der Waals surface area contributed by atoms with E-state index in [-0.39, 0.29) is 11.4 Å². The van der Waals surface area contributed by atoms with Crippen LogP contribution < -0.4 is 4.72 Å². The van der Waals surface area contributed by atoms with E-state index in [2.05, 4.69) is 11.6 Å². The maximum Gasteiger partial charge on any atom is 0.240 e. The van der Waals surface area contributed by atoms with Gasteiger partial charge in [-0.2, -0.15) is 5.26 Å². The Morgan fingerprint density at radius 2 is 1.90 bits per heavy atom. The number of aliphatic hydroxyl groups is 1. The minimum absolute atomic E-state index is 0.0298. The molecule has 21 heavy (non-hydrogen) atoms. The molecule has 0 atom stereocenters. The number of hydrogen-bond acceptors (Lipinski definition) is 4. The number of nitriles is 1. The molecule has 0 aromatic heterocycles. The van der Waals surface area contributed by atoms with Crippen molar-refractivity contribution in [1.29, 1.82) is 5.26 Å². The lowest BCUT2D eigenvalue weighted by Gasteiger charge is -2.34. The van der Waals surface area contributed by atoms with E-state index in [1.807, 2.05) is 6.07 Å². The summed E-state index contributed by atoms with van der Waals surface area (Å²) in [6.45, 7) is 2.17. The van der Waals surface area contributed by atoms with E-state index in [1.54, 1.807) is 0 Å². The third-order valence-electron chi connectivity index (χ3n) is 4.09. The second-order valence-corrected chi connectivity index (χ2v) is 7.63. The largest absolute Gasteiger partial charge is 0.389 e. The molecular weight excluding hydrogens is 288 g/mol. The Bertz CT molecular complexity index is 624.